The van der Waals surface area contributed by atoms with Crippen LogP contribution in [0.1, 0.15) is 37.6 Å². The molecule has 3 N–H and O–H groups in total. The molecule has 0 fully saturated rings. The fourth-order valence-electron chi connectivity index (χ4n) is 1.77. The third kappa shape index (κ3) is 5.97. The van der Waals surface area contributed by atoms with Crippen molar-refractivity contribution in [1.82, 2.24) is 5.32 Å². The molecule has 0 saturated heterocycles. The molecule has 1 rings (SSSR count). The molecule has 1 aromatic carbocycles. The van der Waals surface area contributed by atoms with Gasteiger partial charge in [0, 0.05) is 5.56 Å². The van der Waals surface area contributed by atoms with Gasteiger partial charge in [0.2, 0.25) is 0 Å². The third-order valence-corrected chi connectivity index (χ3v) is 4.45. The lowest BCUT2D eigenvalue weighted by molar-refractivity contribution is -0.134. The van der Waals surface area contributed by atoms with Gasteiger partial charge in [-0.05, 0) is 38.0 Å². The second-order valence-corrected chi connectivity index (χ2v) is 6.88. The number of benzene rings is 1. The first kappa shape index (κ1) is 23.5. The van der Waals surface area contributed by atoms with Gasteiger partial charge in [0.05, 0.1) is 5.02 Å². The number of imide groups is 1. The summed E-state index contributed by atoms with van der Waals surface area (Å²) in [5.41, 5.74) is 4.00. The van der Waals surface area contributed by atoms with E-state index >= 15 is 0 Å². The van der Waals surface area contributed by atoms with E-state index in [4.69, 9.17) is 38.4 Å². The summed E-state index contributed by atoms with van der Waals surface area (Å²) in [6.45, 7) is 7.38. The second-order valence-electron chi connectivity index (χ2n) is 6.13. The van der Waals surface area contributed by atoms with Crippen LogP contribution < -0.4 is 15.8 Å². The zero-order valence-corrected chi connectivity index (χ0v) is 17.1. The Morgan fingerprint density at radius 1 is 1.18 bits per heavy atom. The van der Waals surface area contributed by atoms with Crippen molar-refractivity contribution in [1.29, 1.82) is 0 Å². The van der Waals surface area contributed by atoms with Crippen LogP contribution in [0.2, 0.25) is 10.0 Å². The van der Waals surface area contributed by atoms with Crippen LogP contribution in [-0.4, -0.2) is 35.9 Å². The van der Waals surface area contributed by atoms with E-state index in [-0.39, 0.29) is 27.1 Å². The highest BCUT2D eigenvalue weighted by molar-refractivity contribution is 6.45. The molecule has 0 aliphatic heterocycles. The fraction of sp³-hybridized carbons (Fsp3) is 0.333. The number of alkyl carbamates (subject to hydrolysis) is 1. The number of nitrogens with one attached hydrogen (secondary N) is 1. The van der Waals surface area contributed by atoms with E-state index in [1.165, 1.54) is 26.0 Å². The van der Waals surface area contributed by atoms with Crippen molar-refractivity contribution in [3.05, 3.63) is 39.9 Å². The summed E-state index contributed by atoms with van der Waals surface area (Å²) in [4.78, 5) is 46.7. The summed E-state index contributed by atoms with van der Waals surface area (Å²) in [6, 6.07) is 2.76. The number of amides is 3. The molecule has 28 heavy (non-hydrogen) atoms. The van der Waals surface area contributed by atoms with Gasteiger partial charge in [-0.3, -0.25) is 19.7 Å². The second kappa shape index (κ2) is 9.57. The minimum absolute atomic E-state index is 0.0336. The highest BCUT2D eigenvalue weighted by atomic mass is 35.5. The number of carbonyl (C=O) groups is 4. The van der Waals surface area contributed by atoms with Crippen LogP contribution in [0.15, 0.2) is 24.3 Å². The largest absolute Gasteiger partial charge is 0.482 e. The van der Waals surface area contributed by atoms with Gasteiger partial charge >= 0.3 is 6.09 Å². The third-order valence-electron chi connectivity index (χ3n) is 3.58. The molecule has 10 heteroatoms. The number of hydrogen-bond donors (Lipinski definition) is 2. The normalized spacial score (nSPS) is 10.8. The molecule has 152 valence electrons. The van der Waals surface area contributed by atoms with Gasteiger partial charge < -0.3 is 15.2 Å². The van der Waals surface area contributed by atoms with Crippen LogP contribution in [0.25, 0.3) is 0 Å². The lowest BCUT2D eigenvalue weighted by atomic mass is 10.0. The first-order valence-electron chi connectivity index (χ1n) is 8.06. The van der Waals surface area contributed by atoms with Crippen LogP contribution in [0.3, 0.4) is 0 Å². The predicted octanol–water partition coefficient (Wildman–Crippen LogP) is 3.04. The molecular formula is C18H20Cl2N2O6. The Balaban J connectivity index is 2.75. The average molecular weight is 431 g/mol. The smallest absolute Gasteiger partial charge is 0.414 e. The number of ketones is 1. The predicted molar refractivity (Wildman–Crippen MR) is 104 cm³/mol. The van der Waals surface area contributed by atoms with Crippen molar-refractivity contribution >= 4 is 46.9 Å². The van der Waals surface area contributed by atoms with Crippen molar-refractivity contribution in [2.45, 2.75) is 32.8 Å². The van der Waals surface area contributed by atoms with Crippen molar-refractivity contribution < 1.29 is 28.7 Å². The molecule has 0 heterocycles. The Hall–Kier alpha value is -2.58. The van der Waals surface area contributed by atoms with Crippen LogP contribution >= 0.6 is 23.2 Å². The first-order chi connectivity index (χ1) is 12.9. The molecular weight excluding hydrogens is 411 g/mol. The highest BCUT2D eigenvalue weighted by Gasteiger charge is 2.30. The number of Topliss-reactive ketones (excluding diaryl/α,β-unsaturated/α-hetero) is 1. The monoisotopic (exact) mass is 430 g/mol. The summed E-state index contributed by atoms with van der Waals surface area (Å²) in [6.07, 6.45) is -0.714. The Labute approximate surface area is 171 Å². The molecule has 0 saturated carbocycles. The number of hydrogen-bond acceptors (Lipinski definition) is 6. The van der Waals surface area contributed by atoms with E-state index in [2.05, 4.69) is 6.58 Å². The standard InChI is InChI=1S/C18H20Cl2N2O6/c1-5-9(2)15(24)10-6-7-11(14(20)13(10)19)27-8-12(23)22-17(26)28-18(3,4)16(21)25/h6-7H,2,5,8H2,1,3-4H3,(H2,21,25)(H,22,23,26). The van der Waals surface area contributed by atoms with Gasteiger partial charge in [0.1, 0.15) is 10.8 Å². The van der Waals surface area contributed by atoms with Gasteiger partial charge in [-0.15, -0.1) is 0 Å². The van der Waals surface area contributed by atoms with Crippen molar-refractivity contribution in [2.75, 3.05) is 6.61 Å². The van der Waals surface area contributed by atoms with E-state index in [0.717, 1.165) is 0 Å². The van der Waals surface area contributed by atoms with Crippen LogP contribution in [0.4, 0.5) is 4.79 Å². The maximum atomic E-state index is 12.2. The summed E-state index contributed by atoms with van der Waals surface area (Å²) in [5.74, 6) is -2.06. The van der Waals surface area contributed by atoms with E-state index in [9.17, 15) is 19.2 Å². The van der Waals surface area contributed by atoms with Gasteiger partial charge in [0.15, 0.2) is 18.0 Å². The maximum absolute atomic E-state index is 12.2. The number of carbonyl (C=O) groups excluding carboxylic acids is 4. The summed E-state index contributed by atoms with van der Waals surface area (Å²) < 4.78 is 9.96. The lowest BCUT2D eigenvalue weighted by Gasteiger charge is -2.20. The number of primary amides is 1. The van der Waals surface area contributed by atoms with Gasteiger partial charge in [-0.2, -0.15) is 0 Å². The summed E-state index contributed by atoms with van der Waals surface area (Å²) >= 11 is 12.2. The van der Waals surface area contributed by atoms with Crippen molar-refractivity contribution in [3.63, 3.8) is 0 Å². The van der Waals surface area contributed by atoms with Gasteiger partial charge in [0.25, 0.3) is 11.8 Å². The quantitative estimate of drug-likeness (QED) is 0.482. The molecule has 0 unspecified atom stereocenters. The maximum Gasteiger partial charge on any atom is 0.414 e. The van der Waals surface area contributed by atoms with E-state index in [1.807, 2.05) is 5.32 Å². The van der Waals surface area contributed by atoms with E-state index < -0.39 is 30.1 Å². The SMILES string of the molecule is C=C(CC)C(=O)c1ccc(OCC(=O)NC(=O)OC(C)(C)C(N)=O)c(Cl)c1Cl. The lowest BCUT2D eigenvalue weighted by Crippen LogP contribution is -2.46. The number of ether oxygens (including phenoxy) is 2. The van der Waals surface area contributed by atoms with Crippen LogP contribution in [-0.2, 0) is 14.3 Å². The minimum Gasteiger partial charge on any atom is -0.482 e. The highest BCUT2D eigenvalue weighted by Crippen LogP contribution is 2.35. The van der Waals surface area contributed by atoms with Gasteiger partial charge in [-0.25, -0.2) is 4.79 Å². The number of allylic oxidation sites excluding steroid dienone is 1. The van der Waals surface area contributed by atoms with E-state index in [1.54, 1.807) is 6.92 Å². The topological polar surface area (TPSA) is 125 Å². The van der Waals surface area contributed by atoms with Crippen molar-refractivity contribution in [2.24, 2.45) is 5.73 Å². The molecule has 0 aliphatic carbocycles. The minimum atomic E-state index is -1.59. The molecule has 0 aliphatic rings. The van der Waals surface area contributed by atoms with Crippen LogP contribution in [0, 0.1) is 0 Å². The molecule has 0 bridgehead atoms. The summed E-state index contributed by atoms with van der Waals surface area (Å²) in [7, 11) is 0. The molecule has 0 radical (unpaired) electrons. The zero-order chi connectivity index (χ0) is 21.6. The molecule has 1 aromatic rings. The number of nitrogens with two attached hydrogens (primary N) is 1. The molecule has 3 amide bonds. The Kier molecular flexibility index (Phi) is 8.01. The van der Waals surface area contributed by atoms with Crippen molar-refractivity contribution in [3.8, 4) is 5.75 Å². The van der Waals surface area contributed by atoms with Crippen LogP contribution in [0.5, 0.6) is 5.75 Å². The Bertz CT molecular complexity index is 836. The Morgan fingerprint density at radius 3 is 2.32 bits per heavy atom. The molecule has 8 nitrogen and oxygen atoms in total. The van der Waals surface area contributed by atoms with E-state index in [0.29, 0.717) is 12.0 Å². The average Bonchev–Trinajstić information content (AvgIpc) is 2.60. The number of halogens is 2. The molecule has 0 atom stereocenters. The molecule has 0 aromatic heterocycles. The number of rotatable bonds is 8. The van der Waals surface area contributed by atoms with Gasteiger partial charge in [-0.1, -0.05) is 36.7 Å². The Morgan fingerprint density at radius 2 is 1.79 bits per heavy atom. The first-order valence-corrected chi connectivity index (χ1v) is 8.82. The summed E-state index contributed by atoms with van der Waals surface area (Å²) in [5, 5.41) is 1.76. The zero-order valence-electron chi connectivity index (χ0n) is 15.6. The fourth-order valence-corrected chi connectivity index (χ4v) is 2.23. The molecule has 0 spiro atoms.